The summed E-state index contributed by atoms with van der Waals surface area (Å²) in [5, 5.41) is 10.6. The van der Waals surface area contributed by atoms with E-state index in [2.05, 4.69) is 37.2 Å². The number of halogens is 1. The average molecular weight is 351 g/mol. The van der Waals surface area contributed by atoms with Gasteiger partial charge in [-0.25, -0.2) is 10.2 Å². The predicted molar refractivity (Wildman–Crippen MR) is 83.0 cm³/mol. The van der Waals surface area contributed by atoms with Crippen molar-refractivity contribution in [2.45, 2.75) is 6.92 Å². The van der Waals surface area contributed by atoms with Gasteiger partial charge in [0.2, 0.25) is 0 Å². The summed E-state index contributed by atoms with van der Waals surface area (Å²) < 4.78 is 7.82. The van der Waals surface area contributed by atoms with E-state index < -0.39 is 0 Å². The molecule has 1 aromatic carbocycles. The van der Waals surface area contributed by atoms with Crippen LogP contribution in [-0.4, -0.2) is 34.3 Å². The summed E-state index contributed by atoms with van der Waals surface area (Å²) in [6, 6.07) is 7.70. The molecule has 2 N–H and O–H groups in total. The number of ether oxygens (including phenoxy) is 1. The lowest BCUT2D eigenvalue weighted by atomic mass is 10.3. The van der Waals surface area contributed by atoms with Crippen molar-refractivity contribution in [3.05, 3.63) is 40.6 Å². The first kappa shape index (κ1) is 13.9. The Bertz CT molecular complexity index is 666. The Labute approximate surface area is 130 Å². The van der Waals surface area contributed by atoms with Crippen LogP contribution < -0.4 is 15.8 Å². The third kappa shape index (κ3) is 2.47. The number of amidine groups is 1. The second kappa shape index (κ2) is 5.74. The molecule has 0 spiro atoms. The molecule has 1 aromatic heterocycles. The Hall–Kier alpha value is -2.06. The molecule has 8 heteroatoms. The largest absolute Gasteiger partial charge is 0.497 e. The predicted octanol–water partition coefficient (Wildman–Crippen LogP) is 1.65. The van der Waals surface area contributed by atoms with Gasteiger partial charge in [0.15, 0.2) is 5.84 Å². The first-order chi connectivity index (χ1) is 10.2. The van der Waals surface area contributed by atoms with Crippen LogP contribution in [-0.2, 0) is 0 Å². The summed E-state index contributed by atoms with van der Waals surface area (Å²) in [6.07, 6.45) is 1.78. The molecular weight excluding hydrogens is 336 g/mol. The number of hydrazine groups is 2. The van der Waals surface area contributed by atoms with Crippen LogP contribution >= 0.6 is 15.9 Å². The fraction of sp³-hybridized carbons (Fsp3) is 0.231. The molecule has 2 heterocycles. The van der Waals surface area contributed by atoms with Crippen LogP contribution in [0.25, 0.3) is 5.69 Å². The van der Waals surface area contributed by atoms with Crippen molar-refractivity contribution in [3.63, 3.8) is 0 Å². The highest BCUT2D eigenvalue weighted by Gasteiger charge is 2.22. The van der Waals surface area contributed by atoms with E-state index in [1.165, 1.54) is 0 Å². The highest BCUT2D eigenvalue weighted by Crippen LogP contribution is 2.24. The van der Waals surface area contributed by atoms with Crippen LogP contribution in [0.1, 0.15) is 12.5 Å². The highest BCUT2D eigenvalue weighted by atomic mass is 79.9. The van der Waals surface area contributed by atoms with Crippen molar-refractivity contribution in [1.29, 1.82) is 0 Å². The van der Waals surface area contributed by atoms with E-state index in [9.17, 15) is 0 Å². The van der Waals surface area contributed by atoms with Crippen LogP contribution in [0.15, 0.2) is 40.2 Å². The first-order valence-corrected chi connectivity index (χ1v) is 7.28. The van der Waals surface area contributed by atoms with E-state index in [4.69, 9.17) is 4.74 Å². The third-order valence-corrected chi connectivity index (χ3v) is 3.95. The molecule has 0 atom stereocenters. The maximum atomic E-state index is 5.17. The molecule has 0 aliphatic carbocycles. The highest BCUT2D eigenvalue weighted by molar-refractivity contribution is 9.10. The molecule has 0 amide bonds. The molecule has 0 saturated heterocycles. The Morgan fingerprint density at radius 3 is 2.71 bits per heavy atom. The Morgan fingerprint density at radius 2 is 2.05 bits per heavy atom. The van der Waals surface area contributed by atoms with Gasteiger partial charge in [0.1, 0.15) is 10.4 Å². The number of hydrazone groups is 1. The first-order valence-electron chi connectivity index (χ1n) is 6.48. The van der Waals surface area contributed by atoms with Crippen molar-refractivity contribution in [3.8, 4) is 11.4 Å². The van der Waals surface area contributed by atoms with Gasteiger partial charge in [0, 0.05) is 6.54 Å². The zero-order valence-corrected chi connectivity index (χ0v) is 13.3. The monoisotopic (exact) mass is 350 g/mol. The van der Waals surface area contributed by atoms with Crippen molar-refractivity contribution in [2.75, 3.05) is 13.7 Å². The van der Waals surface area contributed by atoms with Gasteiger partial charge in [-0.1, -0.05) is 0 Å². The maximum absolute atomic E-state index is 5.17. The number of methoxy groups -OCH3 is 1. The minimum absolute atomic E-state index is 0.784. The fourth-order valence-electron chi connectivity index (χ4n) is 2.07. The molecule has 1 aliphatic heterocycles. The molecule has 0 saturated carbocycles. The molecule has 7 nitrogen and oxygen atoms in total. The summed E-state index contributed by atoms with van der Waals surface area (Å²) in [6.45, 7) is 2.82. The van der Waals surface area contributed by atoms with E-state index in [0.717, 1.165) is 34.0 Å². The minimum atomic E-state index is 0.784. The molecule has 110 valence electrons. The Balaban J connectivity index is 1.95. The summed E-state index contributed by atoms with van der Waals surface area (Å²) in [5.74, 6) is 1.61. The van der Waals surface area contributed by atoms with Gasteiger partial charge in [-0.05, 0) is 47.1 Å². The second-order valence-electron chi connectivity index (χ2n) is 4.36. The second-order valence-corrected chi connectivity index (χ2v) is 5.11. The van der Waals surface area contributed by atoms with E-state index in [1.54, 1.807) is 13.3 Å². The summed E-state index contributed by atoms with van der Waals surface area (Å²) in [5.41, 5.74) is 7.55. The smallest absolute Gasteiger partial charge is 0.177 e. The van der Waals surface area contributed by atoms with Crippen molar-refractivity contribution < 1.29 is 4.74 Å². The number of nitrogens with zero attached hydrogens (tertiary/aromatic N) is 4. The van der Waals surface area contributed by atoms with E-state index >= 15 is 0 Å². The summed E-state index contributed by atoms with van der Waals surface area (Å²) >= 11 is 3.60. The molecule has 0 fully saturated rings. The Morgan fingerprint density at radius 1 is 1.29 bits per heavy atom. The van der Waals surface area contributed by atoms with E-state index in [-0.39, 0.29) is 0 Å². The van der Waals surface area contributed by atoms with Gasteiger partial charge in [-0.15, -0.1) is 10.6 Å². The van der Waals surface area contributed by atoms with Gasteiger partial charge in [0.25, 0.3) is 0 Å². The van der Waals surface area contributed by atoms with Gasteiger partial charge >= 0.3 is 0 Å². The lowest BCUT2D eigenvalue weighted by Gasteiger charge is -2.15. The fourth-order valence-corrected chi connectivity index (χ4v) is 2.65. The molecule has 0 bridgehead atoms. The molecule has 21 heavy (non-hydrogen) atoms. The molecule has 0 unspecified atom stereocenters. The van der Waals surface area contributed by atoms with Crippen LogP contribution in [0, 0.1) is 0 Å². The quantitative estimate of drug-likeness (QED) is 0.877. The lowest BCUT2D eigenvalue weighted by Crippen LogP contribution is -2.40. The zero-order valence-electron chi connectivity index (χ0n) is 11.7. The lowest BCUT2D eigenvalue weighted by molar-refractivity contribution is 0.308. The van der Waals surface area contributed by atoms with Crippen molar-refractivity contribution in [2.24, 2.45) is 5.10 Å². The molecule has 3 rings (SSSR count). The number of rotatable bonds is 4. The van der Waals surface area contributed by atoms with Gasteiger partial charge < -0.3 is 4.74 Å². The molecule has 2 aromatic rings. The minimum Gasteiger partial charge on any atom is -0.497 e. The molecule has 0 radical (unpaired) electrons. The third-order valence-electron chi connectivity index (χ3n) is 3.19. The average Bonchev–Trinajstić information content (AvgIpc) is 3.13. The van der Waals surface area contributed by atoms with Gasteiger partial charge in [-0.2, -0.15) is 5.10 Å². The van der Waals surface area contributed by atoms with E-state index in [0.29, 0.717) is 0 Å². The summed E-state index contributed by atoms with van der Waals surface area (Å²) in [4.78, 5) is 0. The number of aromatic nitrogens is 2. The Kier molecular flexibility index (Phi) is 3.80. The molecule has 1 aliphatic rings. The SMILES string of the molecule is CCN1NNN=C1c1cnn(-c2ccc(OC)cc2)c1Br. The van der Waals surface area contributed by atoms with E-state index in [1.807, 2.05) is 40.9 Å². The van der Waals surface area contributed by atoms with Crippen LogP contribution in [0.4, 0.5) is 0 Å². The summed E-state index contributed by atoms with van der Waals surface area (Å²) in [7, 11) is 1.65. The topological polar surface area (TPSA) is 66.7 Å². The number of hydrogen-bond donors (Lipinski definition) is 2. The number of benzene rings is 1. The van der Waals surface area contributed by atoms with Crippen molar-refractivity contribution >= 4 is 21.8 Å². The van der Waals surface area contributed by atoms with Crippen LogP contribution in [0.3, 0.4) is 0 Å². The zero-order chi connectivity index (χ0) is 14.8. The molecular formula is C13H15BrN6O. The van der Waals surface area contributed by atoms with Crippen molar-refractivity contribution in [1.82, 2.24) is 25.9 Å². The normalized spacial score (nSPS) is 14.0. The van der Waals surface area contributed by atoms with Crippen LogP contribution in [0.2, 0.25) is 0 Å². The maximum Gasteiger partial charge on any atom is 0.177 e. The van der Waals surface area contributed by atoms with Gasteiger partial charge in [0.05, 0.1) is 24.6 Å². The number of nitrogens with one attached hydrogen (secondary N) is 2. The standard InChI is InChI=1S/C13H15BrN6O/c1-3-19-13(16-17-18-19)11-8-15-20(12(11)14)9-4-6-10(21-2)7-5-9/h4-8,17-18H,3H2,1-2H3. The van der Waals surface area contributed by atoms with Gasteiger partial charge in [-0.3, -0.25) is 5.01 Å². The van der Waals surface area contributed by atoms with Crippen LogP contribution in [0.5, 0.6) is 5.75 Å². The number of hydrogen-bond acceptors (Lipinski definition) is 6.